The topological polar surface area (TPSA) is 55.4 Å². The summed E-state index contributed by atoms with van der Waals surface area (Å²) in [5.41, 5.74) is 0. The number of rotatable bonds is 3. The molecule has 0 bridgehead atoms. The summed E-state index contributed by atoms with van der Waals surface area (Å²) in [6.45, 7) is 0.596. The number of benzene rings is 1. The molecule has 0 unspecified atom stereocenters. The first-order valence-electron chi connectivity index (χ1n) is 6.78. The molecule has 0 aromatic heterocycles. The maximum atomic E-state index is 13.6. The van der Waals surface area contributed by atoms with E-state index in [1.54, 1.807) is 0 Å². The second-order valence-electron chi connectivity index (χ2n) is 5.48. The Bertz CT molecular complexity index is 683. The van der Waals surface area contributed by atoms with Gasteiger partial charge < -0.3 is 4.74 Å². The molecule has 2 aliphatic rings. The minimum absolute atomic E-state index is 0.0297. The third-order valence-electron chi connectivity index (χ3n) is 4.14. The van der Waals surface area contributed by atoms with E-state index in [4.69, 9.17) is 4.74 Å². The van der Waals surface area contributed by atoms with Gasteiger partial charge >= 0.3 is 0 Å². The van der Waals surface area contributed by atoms with Gasteiger partial charge in [0, 0.05) is 24.6 Å². The molecule has 3 rings (SSSR count). The van der Waals surface area contributed by atoms with Crippen molar-refractivity contribution in [3.05, 3.63) is 29.3 Å². The first kappa shape index (κ1) is 15.7. The van der Waals surface area contributed by atoms with Crippen LogP contribution in [0.15, 0.2) is 11.0 Å². The molecule has 0 radical (unpaired) electrons. The van der Waals surface area contributed by atoms with Crippen LogP contribution >= 0.6 is 0 Å². The Morgan fingerprint density at radius 3 is 2.36 bits per heavy atom. The van der Waals surface area contributed by atoms with E-state index in [1.165, 1.54) is 0 Å². The molecule has 1 saturated heterocycles. The quantitative estimate of drug-likeness (QED) is 0.678. The Labute approximate surface area is 124 Å². The molecule has 122 valence electrons. The van der Waals surface area contributed by atoms with Gasteiger partial charge in [0.2, 0.25) is 10.0 Å². The number of hydrogen-bond acceptors (Lipinski definition) is 3. The van der Waals surface area contributed by atoms with E-state index in [1.807, 2.05) is 0 Å². The molecule has 1 aliphatic heterocycles. The number of halogens is 4. The second-order valence-corrected chi connectivity index (χ2v) is 7.13. The molecule has 4 nitrogen and oxygen atoms in total. The smallest absolute Gasteiger partial charge is 0.246 e. The van der Waals surface area contributed by atoms with E-state index in [9.17, 15) is 26.0 Å². The van der Waals surface area contributed by atoms with E-state index in [0.717, 1.165) is 12.8 Å². The Kier molecular flexibility index (Phi) is 3.90. The molecule has 1 N–H and O–H groups in total. The van der Waals surface area contributed by atoms with Gasteiger partial charge in [-0.25, -0.2) is 30.7 Å². The fourth-order valence-corrected chi connectivity index (χ4v) is 4.43. The minimum atomic E-state index is -4.71. The van der Waals surface area contributed by atoms with Crippen LogP contribution in [-0.2, 0) is 14.8 Å². The number of nitrogens with one attached hydrogen (secondary N) is 1. The first-order chi connectivity index (χ1) is 10.3. The number of sulfonamides is 1. The maximum absolute atomic E-state index is 13.6. The minimum Gasteiger partial charge on any atom is -0.378 e. The van der Waals surface area contributed by atoms with Crippen molar-refractivity contribution in [2.24, 2.45) is 5.92 Å². The van der Waals surface area contributed by atoms with Crippen LogP contribution < -0.4 is 4.72 Å². The molecule has 2 fully saturated rings. The van der Waals surface area contributed by atoms with E-state index >= 15 is 0 Å². The lowest BCUT2D eigenvalue weighted by Gasteiger charge is -2.47. The van der Waals surface area contributed by atoms with Crippen LogP contribution in [-0.4, -0.2) is 27.2 Å². The van der Waals surface area contributed by atoms with Crippen molar-refractivity contribution in [3.8, 4) is 0 Å². The summed E-state index contributed by atoms with van der Waals surface area (Å²) in [5.74, 6) is -7.46. The third kappa shape index (κ3) is 2.50. The highest BCUT2D eigenvalue weighted by molar-refractivity contribution is 7.89. The Morgan fingerprint density at radius 1 is 1.14 bits per heavy atom. The lowest BCUT2D eigenvalue weighted by atomic mass is 9.73. The average Bonchev–Trinajstić information content (AvgIpc) is 2.43. The lowest BCUT2D eigenvalue weighted by molar-refractivity contribution is -0.0980. The van der Waals surface area contributed by atoms with Crippen LogP contribution in [0.5, 0.6) is 0 Å². The SMILES string of the molecule is O=S(=O)(N[C@@H]1C[C@H]2OCCC[C@H]12)c1c(F)c(F)cc(F)c1F. The molecule has 1 heterocycles. The monoisotopic (exact) mass is 339 g/mol. The number of ether oxygens (including phenoxy) is 1. The maximum Gasteiger partial charge on any atom is 0.246 e. The van der Waals surface area contributed by atoms with Gasteiger partial charge in [0.25, 0.3) is 0 Å². The molecule has 0 amide bonds. The fraction of sp³-hybridized carbons (Fsp3) is 0.538. The second kappa shape index (κ2) is 5.47. The molecule has 22 heavy (non-hydrogen) atoms. The fourth-order valence-electron chi connectivity index (χ4n) is 2.98. The van der Waals surface area contributed by atoms with Crippen LogP contribution in [0.2, 0.25) is 0 Å². The zero-order chi connectivity index (χ0) is 16.1. The van der Waals surface area contributed by atoms with E-state index in [0.29, 0.717) is 13.0 Å². The molecule has 1 aromatic carbocycles. The lowest BCUT2D eigenvalue weighted by Crippen LogP contribution is -2.57. The molecule has 1 aromatic rings. The molecule has 1 saturated carbocycles. The predicted octanol–water partition coefficient (Wildman–Crippen LogP) is 2.09. The summed E-state index contributed by atoms with van der Waals surface area (Å²) in [7, 11) is -4.71. The average molecular weight is 339 g/mol. The van der Waals surface area contributed by atoms with Crippen LogP contribution in [0.4, 0.5) is 17.6 Å². The molecule has 0 spiro atoms. The van der Waals surface area contributed by atoms with Crippen LogP contribution in [0, 0.1) is 29.2 Å². The molecular formula is C13H13F4NO3S. The van der Waals surface area contributed by atoms with E-state index < -0.39 is 44.2 Å². The Balaban J connectivity index is 1.88. The summed E-state index contributed by atoms with van der Waals surface area (Å²) in [6.07, 6.45) is 1.77. The van der Waals surface area contributed by atoms with Crippen LogP contribution in [0.3, 0.4) is 0 Å². The Morgan fingerprint density at radius 2 is 1.77 bits per heavy atom. The normalized spacial score (nSPS) is 28.1. The van der Waals surface area contributed by atoms with Gasteiger partial charge in [-0.15, -0.1) is 0 Å². The highest BCUT2D eigenvalue weighted by atomic mass is 32.2. The van der Waals surface area contributed by atoms with Gasteiger partial charge in [-0.3, -0.25) is 0 Å². The predicted molar refractivity (Wildman–Crippen MR) is 67.5 cm³/mol. The van der Waals surface area contributed by atoms with E-state index in [2.05, 4.69) is 4.72 Å². The van der Waals surface area contributed by atoms with Crippen molar-refractivity contribution in [2.75, 3.05) is 6.61 Å². The number of fused-ring (bicyclic) bond motifs is 1. The standard InChI is InChI=1S/C13H13F4NO3S/c14-7-4-8(15)12(17)13(11(7)16)22(19,20)18-9-5-10-6(9)2-1-3-21-10/h4,6,9-10,18H,1-3,5H2/t6-,9-,10-/m1/s1. The van der Waals surface area contributed by atoms with Gasteiger partial charge in [-0.05, 0) is 19.3 Å². The summed E-state index contributed by atoms with van der Waals surface area (Å²) in [4.78, 5) is -1.62. The van der Waals surface area contributed by atoms with Crippen molar-refractivity contribution >= 4 is 10.0 Å². The Hall–Kier alpha value is -1.19. The molecule has 9 heteroatoms. The molecule has 3 atom stereocenters. The van der Waals surface area contributed by atoms with Crippen molar-refractivity contribution < 1.29 is 30.7 Å². The molecule has 1 aliphatic carbocycles. The van der Waals surface area contributed by atoms with Crippen molar-refractivity contribution in [2.45, 2.75) is 36.3 Å². The first-order valence-corrected chi connectivity index (χ1v) is 8.26. The van der Waals surface area contributed by atoms with Gasteiger partial charge in [0.1, 0.15) is 0 Å². The summed E-state index contributed by atoms with van der Waals surface area (Å²) >= 11 is 0. The highest BCUT2D eigenvalue weighted by Crippen LogP contribution is 2.38. The zero-order valence-electron chi connectivity index (χ0n) is 11.3. The van der Waals surface area contributed by atoms with Crippen molar-refractivity contribution in [1.29, 1.82) is 0 Å². The summed E-state index contributed by atoms with van der Waals surface area (Å²) < 4.78 is 85.3. The number of hydrogen-bond donors (Lipinski definition) is 1. The van der Waals surface area contributed by atoms with Crippen LogP contribution in [0.1, 0.15) is 19.3 Å². The van der Waals surface area contributed by atoms with E-state index in [-0.39, 0.29) is 18.1 Å². The van der Waals surface area contributed by atoms with Gasteiger partial charge in [-0.2, -0.15) is 0 Å². The summed E-state index contributed by atoms with van der Waals surface area (Å²) in [6, 6.07) is -0.585. The molecular weight excluding hydrogens is 326 g/mol. The van der Waals surface area contributed by atoms with Gasteiger partial charge in [-0.1, -0.05) is 0 Å². The van der Waals surface area contributed by atoms with Crippen molar-refractivity contribution in [1.82, 2.24) is 4.72 Å². The highest BCUT2D eigenvalue weighted by Gasteiger charge is 2.46. The van der Waals surface area contributed by atoms with Crippen LogP contribution in [0.25, 0.3) is 0 Å². The third-order valence-corrected chi connectivity index (χ3v) is 5.65. The largest absolute Gasteiger partial charge is 0.378 e. The van der Waals surface area contributed by atoms with Gasteiger partial charge in [0.05, 0.1) is 6.10 Å². The van der Waals surface area contributed by atoms with Crippen molar-refractivity contribution in [3.63, 3.8) is 0 Å². The van der Waals surface area contributed by atoms with Gasteiger partial charge in [0.15, 0.2) is 28.2 Å². The summed E-state index contributed by atoms with van der Waals surface area (Å²) in [5, 5.41) is 0. The zero-order valence-corrected chi connectivity index (χ0v) is 12.1.